The second-order valence-electron chi connectivity index (χ2n) is 9.89. The number of amides is 1. The summed E-state index contributed by atoms with van der Waals surface area (Å²) in [4.78, 5) is 17.5. The lowest BCUT2D eigenvalue weighted by atomic mass is 9.78. The predicted octanol–water partition coefficient (Wildman–Crippen LogP) is 3.05. The minimum Gasteiger partial charge on any atom is -0.350 e. The van der Waals surface area contributed by atoms with Gasteiger partial charge in [-0.25, -0.2) is 4.98 Å². The van der Waals surface area contributed by atoms with Crippen LogP contribution >= 0.6 is 0 Å². The highest BCUT2D eigenvalue weighted by Gasteiger charge is 2.44. The maximum atomic E-state index is 13.0. The molecule has 0 aliphatic heterocycles. The van der Waals surface area contributed by atoms with Crippen LogP contribution in [0, 0.1) is 29.6 Å². The second-order valence-corrected chi connectivity index (χ2v) is 11.5. The zero-order valence-electron chi connectivity index (χ0n) is 18.0. The summed E-state index contributed by atoms with van der Waals surface area (Å²) in [5.74, 6) is 4.13. The van der Waals surface area contributed by atoms with E-state index < -0.39 is 10.1 Å². The Morgan fingerprint density at radius 2 is 1.87 bits per heavy atom. The van der Waals surface area contributed by atoms with E-state index in [1.54, 1.807) is 16.7 Å². The molecule has 3 saturated carbocycles. The summed E-state index contributed by atoms with van der Waals surface area (Å²) in [6, 6.07) is 5.48. The molecule has 7 nitrogen and oxygen atoms in total. The van der Waals surface area contributed by atoms with Crippen LogP contribution in [0.25, 0.3) is 5.65 Å². The molecular formula is C23H31N3O4S. The molecule has 8 heteroatoms. The largest absolute Gasteiger partial charge is 0.350 e. The molecule has 3 aliphatic rings. The molecular weight excluding hydrogens is 414 g/mol. The van der Waals surface area contributed by atoms with Crippen LogP contribution in [-0.4, -0.2) is 43.1 Å². The summed E-state index contributed by atoms with van der Waals surface area (Å²) in [6.45, 7) is 0.777. The van der Waals surface area contributed by atoms with Gasteiger partial charge in [-0.05, 0) is 80.2 Å². The Balaban J connectivity index is 1.23. The average molecular weight is 446 g/mol. The van der Waals surface area contributed by atoms with Crippen LogP contribution in [0.1, 0.15) is 54.7 Å². The summed E-state index contributed by atoms with van der Waals surface area (Å²) >= 11 is 0. The first-order valence-electron chi connectivity index (χ1n) is 11.4. The fraction of sp³-hybridized carbons (Fsp3) is 0.652. The van der Waals surface area contributed by atoms with Gasteiger partial charge in [-0.2, -0.15) is 8.42 Å². The Labute approximate surface area is 183 Å². The fourth-order valence-electron chi connectivity index (χ4n) is 6.45. The number of aromatic nitrogens is 2. The van der Waals surface area contributed by atoms with Crippen molar-refractivity contribution >= 4 is 21.7 Å². The first kappa shape index (κ1) is 20.9. The maximum absolute atomic E-state index is 13.0. The highest BCUT2D eigenvalue weighted by molar-refractivity contribution is 7.85. The van der Waals surface area contributed by atoms with Gasteiger partial charge in [-0.3, -0.25) is 13.4 Å². The Bertz CT molecular complexity index is 1080. The average Bonchev–Trinajstić information content (AvgIpc) is 3.20. The van der Waals surface area contributed by atoms with E-state index in [0.29, 0.717) is 29.4 Å². The Morgan fingerprint density at radius 1 is 1.13 bits per heavy atom. The van der Waals surface area contributed by atoms with Crippen LogP contribution in [0.15, 0.2) is 24.4 Å². The summed E-state index contributed by atoms with van der Waals surface area (Å²) in [7, 11) is -3.47. The monoisotopic (exact) mass is 445 g/mol. The van der Waals surface area contributed by atoms with Crippen LogP contribution in [0.3, 0.4) is 0 Å². The second kappa shape index (κ2) is 8.20. The molecule has 0 saturated heterocycles. The molecule has 0 aromatic carbocycles. The van der Waals surface area contributed by atoms with Gasteiger partial charge in [0.1, 0.15) is 11.3 Å². The number of carbonyl (C=O) groups excluding carboxylic acids is 1. The Hall–Kier alpha value is -1.93. The van der Waals surface area contributed by atoms with Crippen LogP contribution in [0.2, 0.25) is 0 Å². The SMILES string of the molecule is CS(=O)(=O)OCCc1cn2c(C(=O)NCC3CC4CC5CC(C3)C(C4)C5)cccc2n1. The van der Waals surface area contributed by atoms with Crippen molar-refractivity contribution in [2.24, 2.45) is 29.6 Å². The van der Waals surface area contributed by atoms with Gasteiger partial charge in [-0.1, -0.05) is 6.07 Å². The zero-order chi connectivity index (χ0) is 21.6. The van der Waals surface area contributed by atoms with E-state index in [2.05, 4.69) is 10.3 Å². The number of fused-ring (bicyclic) bond motifs is 3. The molecule has 3 bridgehead atoms. The van der Waals surface area contributed by atoms with E-state index in [9.17, 15) is 13.2 Å². The lowest BCUT2D eigenvalue weighted by Crippen LogP contribution is -2.32. The summed E-state index contributed by atoms with van der Waals surface area (Å²) in [5.41, 5.74) is 1.92. The van der Waals surface area contributed by atoms with Crippen LogP contribution in [0.4, 0.5) is 0 Å². The molecule has 5 rings (SSSR count). The van der Waals surface area contributed by atoms with Crippen molar-refractivity contribution in [3.05, 3.63) is 35.8 Å². The normalized spacial score (nSPS) is 29.9. The third-order valence-electron chi connectivity index (χ3n) is 7.53. The number of pyridine rings is 1. The van der Waals surface area contributed by atoms with Crippen molar-refractivity contribution in [3.63, 3.8) is 0 Å². The third kappa shape index (κ3) is 4.65. The number of carbonyl (C=O) groups is 1. The standard InChI is InChI=1S/C23H31N3O4S/c1-31(28,29)30-6-5-20-14-26-21(3-2-4-22(26)25-20)23(27)24-13-17-8-15-7-16-10-18(9-15)19(11-16)12-17/h2-4,14-19H,5-13H2,1H3,(H,24,27). The molecule has 5 unspecified atom stereocenters. The molecule has 3 aliphatic carbocycles. The predicted molar refractivity (Wildman–Crippen MR) is 117 cm³/mol. The first-order valence-corrected chi connectivity index (χ1v) is 13.3. The molecule has 0 spiro atoms. The van der Waals surface area contributed by atoms with Crippen LogP contribution < -0.4 is 5.32 Å². The van der Waals surface area contributed by atoms with Crippen molar-refractivity contribution in [1.29, 1.82) is 0 Å². The van der Waals surface area contributed by atoms with E-state index >= 15 is 0 Å². The number of nitrogens with zero attached hydrogens (tertiary/aromatic N) is 2. The van der Waals surface area contributed by atoms with Crippen molar-refractivity contribution in [2.45, 2.75) is 44.9 Å². The number of imidazole rings is 1. The van der Waals surface area contributed by atoms with Gasteiger partial charge >= 0.3 is 0 Å². The Kier molecular flexibility index (Phi) is 5.54. The quantitative estimate of drug-likeness (QED) is 0.662. The highest BCUT2D eigenvalue weighted by Crippen LogP contribution is 2.54. The van der Waals surface area contributed by atoms with Gasteiger partial charge in [0.05, 0.1) is 18.6 Å². The molecule has 3 fully saturated rings. The smallest absolute Gasteiger partial charge is 0.268 e. The number of nitrogens with one attached hydrogen (secondary N) is 1. The number of hydrogen-bond donors (Lipinski definition) is 1. The van der Waals surface area contributed by atoms with Crippen LogP contribution in [-0.2, 0) is 20.7 Å². The zero-order valence-corrected chi connectivity index (χ0v) is 18.8. The van der Waals surface area contributed by atoms with E-state index in [1.807, 2.05) is 12.1 Å². The van der Waals surface area contributed by atoms with E-state index in [-0.39, 0.29) is 12.5 Å². The van der Waals surface area contributed by atoms with Crippen molar-refractivity contribution < 1.29 is 17.4 Å². The summed E-state index contributed by atoms with van der Waals surface area (Å²) in [6.07, 6.45) is 11.4. The lowest BCUT2D eigenvalue weighted by molar-refractivity contribution is 0.0935. The number of rotatable bonds is 7. The topological polar surface area (TPSA) is 89.8 Å². The van der Waals surface area contributed by atoms with Gasteiger partial charge in [0, 0.05) is 19.2 Å². The van der Waals surface area contributed by atoms with Crippen molar-refractivity contribution in [1.82, 2.24) is 14.7 Å². The molecule has 0 radical (unpaired) electrons. The van der Waals surface area contributed by atoms with Gasteiger partial charge in [0.25, 0.3) is 16.0 Å². The Morgan fingerprint density at radius 3 is 2.65 bits per heavy atom. The maximum Gasteiger partial charge on any atom is 0.268 e. The van der Waals surface area contributed by atoms with E-state index in [1.165, 1.54) is 38.5 Å². The summed E-state index contributed by atoms with van der Waals surface area (Å²) < 4.78 is 28.9. The minimum atomic E-state index is -3.47. The molecule has 2 aromatic rings. The van der Waals surface area contributed by atoms with Crippen molar-refractivity contribution in [3.8, 4) is 0 Å². The molecule has 5 atom stereocenters. The molecule has 31 heavy (non-hydrogen) atoms. The lowest BCUT2D eigenvalue weighted by Gasteiger charge is -2.28. The summed E-state index contributed by atoms with van der Waals surface area (Å²) in [5, 5.41) is 3.19. The number of hydrogen-bond acceptors (Lipinski definition) is 5. The third-order valence-corrected chi connectivity index (χ3v) is 8.12. The molecule has 1 N–H and O–H groups in total. The molecule has 1 amide bonds. The van der Waals surface area contributed by atoms with Gasteiger partial charge < -0.3 is 5.32 Å². The molecule has 2 aromatic heterocycles. The fourth-order valence-corrected chi connectivity index (χ4v) is 6.84. The van der Waals surface area contributed by atoms with Crippen LogP contribution in [0.5, 0.6) is 0 Å². The molecule has 2 heterocycles. The molecule has 168 valence electrons. The van der Waals surface area contributed by atoms with E-state index in [4.69, 9.17) is 4.18 Å². The first-order chi connectivity index (χ1) is 14.8. The van der Waals surface area contributed by atoms with Gasteiger partial charge in [-0.15, -0.1) is 0 Å². The van der Waals surface area contributed by atoms with Gasteiger partial charge in [0.2, 0.25) is 0 Å². The highest BCUT2D eigenvalue weighted by atomic mass is 32.2. The van der Waals surface area contributed by atoms with Crippen molar-refractivity contribution in [2.75, 3.05) is 19.4 Å². The minimum absolute atomic E-state index is 0.0378. The van der Waals surface area contributed by atoms with E-state index in [0.717, 1.165) is 36.5 Å². The van der Waals surface area contributed by atoms with Gasteiger partial charge in [0.15, 0.2) is 0 Å².